The minimum absolute atomic E-state index is 0.503. The molecule has 0 spiro atoms. The molecule has 0 radical (unpaired) electrons. The number of hydrogen-bond acceptors (Lipinski definition) is 2. The number of thioether (sulfide) groups is 1. The lowest BCUT2D eigenvalue weighted by atomic mass is 9.87. The van der Waals surface area contributed by atoms with Crippen LogP contribution in [0.15, 0.2) is 0 Å². The zero-order valence-corrected chi connectivity index (χ0v) is 10.3. The average molecular weight is 206 g/mol. The predicted molar refractivity (Wildman–Crippen MR) is 64.5 cm³/mol. The van der Waals surface area contributed by atoms with E-state index in [2.05, 4.69) is 45.2 Å². The molecular weight excluding hydrogens is 184 g/mol. The zero-order valence-electron chi connectivity index (χ0n) is 8.60. The second-order valence-electron chi connectivity index (χ2n) is 3.42. The van der Waals surface area contributed by atoms with Crippen LogP contribution in [0.1, 0.15) is 40.0 Å². The molecule has 0 saturated carbocycles. The second-order valence-corrected chi connectivity index (χ2v) is 4.84. The molecule has 0 saturated heterocycles. The molecule has 0 aromatic heterocycles. The highest BCUT2D eigenvalue weighted by Crippen LogP contribution is 2.31. The summed E-state index contributed by atoms with van der Waals surface area (Å²) in [6.45, 7) is 6.81. The van der Waals surface area contributed by atoms with Gasteiger partial charge >= 0.3 is 0 Å². The number of rotatable bonds is 7. The van der Waals surface area contributed by atoms with E-state index in [0.29, 0.717) is 5.41 Å². The normalized spacial score (nSPS) is 12.0. The van der Waals surface area contributed by atoms with Crippen LogP contribution < -0.4 is 0 Å². The molecule has 0 aliphatic heterocycles. The summed E-state index contributed by atoms with van der Waals surface area (Å²) in [7, 11) is 0. The summed E-state index contributed by atoms with van der Waals surface area (Å²) in [6.07, 6.45) is 3.83. The molecule has 0 bridgehead atoms. The Bertz CT molecular complexity index is 89.7. The smallest absolute Gasteiger partial charge is 0.000320 e. The summed E-state index contributed by atoms with van der Waals surface area (Å²) < 4.78 is 0. The van der Waals surface area contributed by atoms with E-state index in [1.54, 1.807) is 0 Å². The van der Waals surface area contributed by atoms with Crippen molar-refractivity contribution >= 4 is 24.4 Å². The Hall–Kier alpha value is 0.700. The molecule has 0 aliphatic rings. The summed E-state index contributed by atoms with van der Waals surface area (Å²) >= 11 is 6.54. The molecule has 0 rings (SSSR count). The number of thiol groups is 1. The molecule has 0 N–H and O–H groups in total. The van der Waals surface area contributed by atoms with Gasteiger partial charge in [0.1, 0.15) is 0 Å². The first-order chi connectivity index (χ1) is 5.74. The van der Waals surface area contributed by atoms with Crippen molar-refractivity contribution in [3.05, 3.63) is 0 Å². The lowest BCUT2D eigenvalue weighted by Gasteiger charge is -2.29. The van der Waals surface area contributed by atoms with Crippen molar-refractivity contribution in [3.63, 3.8) is 0 Å². The SMILES string of the molecule is CCCSCC(CC)(CC)CS. The van der Waals surface area contributed by atoms with Crippen LogP contribution in [0, 0.1) is 5.41 Å². The van der Waals surface area contributed by atoms with Gasteiger partial charge in [-0.15, -0.1) is 0 Å². The van der Waals surface area contributed by atoms with Gasteiger partial charge in [-0.25, -0.2) is 0 Å². The summed E-state index contributed by atoms with van der Waals surface area (Å²) in [4.78, 5) is 0. The van der Waals surface area contributed by atoms with Gasteiger partial charge in [0.25, 0.3) is 0 Å². The summed E-state index contributed by atoms with van der Waals surface area (Å²) in [5.41, 5.74) is 0.503. The van der Waals surface area contributed by atoms with E-state index in [0.717, 1.165) is 5.75 Å². The van der Waals surface area contributed by atoms with Gasteiger partial charge in [0.2, 0.25) is 0 Å². The minimum atomic E-state index is 0.503. The summed E-state index contributed by atoms with van der Waals surface area (Å²) in [5.74, 6) is 3.63. The Morgan fingerprint density at radius 2 is 1.75 bits per heavy atom. The maximum absolute atomic E-state index is 4.45. The van der Waals surface area contributed by atoms with E-state index in [4.69, 9.17) is 0 Å². The Morgan fingerprint density at radius 3 is 2.08 bits per heavy atom. The van der Waals surface area contributed by atoms with Crippen LogP contribution in [0.2, 0.25) is 0 Å². The maximum atomic E-state index is 4.45. The maximum Gasteiger partial charge on any atom is -0.000320 e. The van der Waals surface area contributed by atoms with E-state index in [1.807, 2.05) is 0 Å². The summed E-state index contributed by atoms with van der Waals surface area (Å²) in [5, 5.41) is 0. The third-order valence-electron chi connectivity index (χ3n) is 2.59. The predicted octanol–water partition coefficient (Wildman–Crippen LogP) is 3.87. The van der Waals surface area contributed by atoms with Gasteiger partial charge in [-0.1, -0.05) is 20.8 Å². The monoisotopic (exact) mass is 206 g/mol. The Kier molecular flexibility index (Phi) is 7.55. The van der Waals surface area contributed by atoms with Gasteiger partial charge in [-0.2, -0.15) is 24.4 Å². The Labute approximate surface area is 87.3 Å². The van der Waals surface area contributed by atoms with Crippen LogP contribution in [-0.4, -0.2) is 17.3 Å². The lowest BCUT2D eigenvalue weighted by molar-refractivity contribution is 0.357. The Balaban J connectivity index is 3.76. The van der Waals surface area contributed by atoms with Gasteiger partial charge in [0.15, 0.2) is 0 Å². The van der Waals surface area contributed by atoms with Gasteiger partial charge in [0.05, 0.1) is 0 Å². The average Bonchev–Trinajstić information content (AvgIpc) is 2.14. The molecule has 0 fully saturated rings. The fourth-order valence-electron chi connectivity index (χ4n) is 1.16. The standard InChI is InChI=1S/C10H22S2/c1-4-7-12-9-10(5-2,6-3)8-11/h11H,4-9H2,1-3H3. The third kappa shape index (κ3) is 4.08. The van der Waals surface area contributed by atoms with E-state index in [-0.39, 0.29) is 0 Å². The van der Waals surface area contributed by atoms with Crippen LogP contribution >= 0.6 is 24.4 Å². The fraction of sp³-hybridized carbons (Fsp3) is 1.00. The molecule has 0 atom stereocenters. The first kappa shape index (κ1) is 12.7. The minimum Gasteiger partial charge on any atom is -0.179 e. The molecule has 0 nitrogen and oxygen atoms in total. The highest BCUT2D eigenvalue weighted by atomic mass is 32.2. The highest BCUT2D eigenvalue weighted by Gasteiger charge is 2.23. The molecule has 0 unspecified atom stereocenters. The van der Waals surface area contributed by atoms with Crippen molar-refractivity contribution in [3.8, 4) is 0 Å². The molecule has 0 heterocycles. The van der Waals surface area contributed by atoms with E-state index >= 15 is 0 Å². The zero-order chi connectivity index (χ0) is 9.45. The van der Waals surface area contributed by atoms with E-state index < -0.39 is 0 Å². The molecule has 0 aromatic carbocycles. The van der Waals surface area contributed by atoms with Crippen LogP contribution in [0.5, 0.6) is 0 Å². The largest absolute Gasteiger partial charge is 0.179 e. The molecule has 2 heteroatoms. The highest BCUT2D eigenvalue weighted by molar-refractivity contribution is 7.99. The molecule has 12 heavy (non-hydrogen) atoms. The lowest BCUT2D eigenvalue weighted by Crippen LogP contribution is -2.24. The molecular formula is C10H22S2. The summed E-state index contributed by atoms with van der Waals surface area (Å²) in [6, 6.07) is 0. The van der Waals surface area contributed by atoms with Crippen LogP contribution in [-0.2, 0) is 0 Å². The van der Waals surface area contributed by atoms with Crippen LogP contribution in [0.25, 0.3) is 0 Å². The van der Waals surface area contributed by atoms with Crippen molar-refractivity contribution in [1.29, 1.82) is 0 Å². The third-order valence-corrected chi connectivity index (χ3v) is 4.78. The van der Waals surface area contributed by atoms with Crippen LogP contribution in [0.4, 0.5) is 0 Å². The van der Waals surface area contributed by atoms with E-state index in [1.165, 1.54) is 30.8 Å². The topological polar surface area (TPSA) is 0 Å². The molecule has 0 aliphatic carbocycles. The van der Waals surface area contributed by atoms with E-state index in [9.17, 15) is 0 Å². The first-order valence-electron chi connectivity index (χ1n) is 4.93. The molecule has 0 aromatic rings. The molecule has 0 amide bonds. The van der Waals surface area contributed by atoms with Crippen molar-refractivity contribution < 1.29 is 0 Å². The second kappa shape index (κ2) is 7.14. The van der Waals surface area contributed by atoms with Gasteiger partial charge < -0.3 is 0 Å². The number of hydrogen-bond donors (Lipinski definition) is 1. The fourth-order valence-corrected chi connectivity index (χ4v) is 3.24. The van der Waals surface area contributed by atoms with Crippen molar-refractivity contribution in [2.24, 2.45) is 5.41 Å². The molecule has 74 valence electrons. The van der Waals surface area contributed by atoms with Crippen molar-refractivity contribution in [2.75, 3.05) is 17.3 Å². The first-order valence-corrected chi connectivity index (χ1v) is 6.72. The van der Waals surface area contributed by atoms with Crippen molar-refractivity contribution in [1.82, 2.24) is 0 Å². The van der Waals surface area contributed by atoms with Gasteiger partial charge in [-0.05, 0) is 41.9 Å². The van der Waals surface area contributed by atoms with Crippen LogP contribution in [0.3, 0.4) is 0 Å². The Morgan fingerprint density at radius 1 is 1.17 bits per heavy atom. The van der Waals surface area contributed by atoms with Gasteiger partial charge in [-0.3, -0.25) is 0 Å². The quantitative estimate of drug-likeness (QED) is 0.487. The van der Waals surface area contributed by atoms with Gasteiger partial charge in [0, 0.05) is 0 Å². The van der Waals surface area contributed by atoms with Crippen molar-refractivity contribution in [2.45, 2.75) is 40.0 Å².